The van der Waals surface area contributed by atoms with Gasteiger partial charge in [-0.25, -0.2) is 13.1 Å². The third-order valence-electron chi connectivity index (χ3n) is 4.53. The fourth-order valence-corrected chi connectivity index (χ4v) is 4.92. The van der Waals surface area contributed by atoms with Crippen molar-refractivity contribution in [2.75, 3.05) is 0 Å². The van der Waals surface area contributed by atoms with Crippen LogP contribution in [0.1, 0.15) is 48.1 Å². The van der Waals surface area contributed by atoms with Crippen molar-refractivity contribution < 1.29 is 8.42 Å². The molecule has 3 rings (SSSR count). The smallest absolute Gasteiger partial charge is 0.212 e. The van der Waals surface area contributed by atoms with Gasteiger partial charge in [0.15, 0.2) is 0 Å². The molecule has 0 unspecified atom stereocenters. The van der Waals surface area contributed by atoms with Gasteiger partial charge in [0, 0.05) is 11.1 Å². The maximum absolute atomic E-state index is 12.5. The molecular weight excluding hydrogens is 342 g/mol. The van der Waals surface area contributed by atoms with Crippen LogP contribution >= 0.6 is 11.6 Å². The quantitative estimate of drug-likeness (QED) is 0.855. The predicted molar refractivity (Wildman–Crippen MR) is 98.7 cm³/mol. The minimum absolute atomic E-state index is 0.109. The zero-order chi connectivity index (χ0) is 17.2. The highest BCUT2D eigenvalue weighted by Gasteiger charge is 2.19. The second kappa shape index (κ2) is 7.26. The summed E-state index contributed by atoms with van der Waals surface area (Å²) < 4.78 is 27.7. The number of benzene rings is 2. The molecule has 3 nitrogen and oxygen atoms in total. The molecule has 0 aromatic heterocycles. The second-order valence-electron chi connectivity index (χ2n) is 6.43. The van der Waals surface area contributed by atoms with E-state index in [2.05, 4.69) is 16.9 Å². The lowest BCUT2D eigenvalue weighted by molar-refractivity contribution is 0.565. The van der Waals surface area contributed by atoms with Crippen molar-refractivity contribution in [2.45, 2.75) is 44.4 Å². The van der Waals surface area contributed by atoms with E-state index in [9.17, 15) is 8.42 Å². The summed E-state index contributed by atoms with van der Waals surface area (Å²) in [4.78, 5) is 0. The first-order valence-corrected chi connectivity index (χ1v) is 10.3. The Bertz CT molecular complexity index is 833. The fraction of sp³-hybridized carbons (Fsp3) is 0.368. The number of aryl methyl sites for hydroxylation is 2. The molecule has 128 valence electrons. The third-order valence-corrected chi connectivity index (χ3v) is 6.30. The molecule has 1 aliphatic carbocycles. The first-order chi connectivity index (χ1) is 11.4. The molecule has 1 atom stereocenters. The van der Waals surface area contributed by atoms with Crippen molar-refractivity contribution in [3.05, 3.63) is 69.7 Å². The standard InChI is InChI=1S/C19H22ClNO2S/c1-14(16-11-10-15-6-2-3-7-17(15)12-16)21-24(22,23)13-18-8-4-5-9-19(18)20/h4-5,8-12,14,21H,2-3,6-7,13H2,1H3/t14-/m0/s1. The molecule has 0 aliphatic heterocycles. The monoisotopic (exact) mass is 363 g/mol. The number of hydrogen-bond donors (Lipinski definition) is 1. The van der Waals surface area contributed by atoms with E-state index >= 15 is 0 Å². The zero-order valence-corrected chi connectivity index (χ0v) is 15.3. The average molecular weight is 364 g/mol. The van der Waals surface area contributed by atoms with Crippen molar-refractivity contribution in [3.8, 4) is 0 Å². The van der Waals surface area contributed by atoms with Gasteiger partial charge in [0.2, 0.25) is 10.0 Å². The highest BCUT2D eigenvalue weighted by molar-refractivity contribution is 7.88. The summed E-state index contributed by atoms with van der Waals surface area (Å²) in [5.41, 5.74) is 4.38. The topological polar surface area (TPSA) is 46.2 Å². The molecule has 0 heterocycles. The van der Waals surface area contributed by atoms with Crippen molar-refractivity contribution in [1.82, 2.24) is 4.72 Å². The van der Waals surface area contributed by atoms with Gasteiger partial charge in [0.05, 0.1) is 5.75 Å². The number of fused-ring (bicyclic) bond motifs is 1. The lowest BCUT2D eigenvalue weighted by Crippen LogP contribution is -2.28. The molecule has 0 amide bonds. The number of nitrogens with one attached hydrogen (secondary N) is 1. The van der Waals surface area contributed by atoms with Gasteiger partial charge < -0.3 is 0 Å². The Morgan fingerprint density at radius 3 is 2.54 bits per heavy atom. The van der Waals surface area contributed by atoms with Gasteiger partial charge in [0.1, 0.15) is 0 Å². The summed E-state index contributed by atoms with van der Waals surface area (Å²) >= 11 is 6.07. The summed E-state index contributed by atoms with van der Waals surface area (Å²) in [5.74, 6) is -0.109. The molecule has 24 heavy (non-hydrogen) atoms. The maximum atomic E-state index is 12.5. The first-order valence-electron chi connectivity index (χ1n) is 8.30. The summed E-state index contributed by atoms with van der Waals surface area (Å²) in [6, 6.07) is 13.1. The van der Waals surface area contributed by atoms with Gasteiger partial charge >= 0.3 is 0 Å². The van der Waals surface area contributed by atoms with Crippen molar-refractivity contribution in [1.29, 1.82) is 0 Å². The highest BCUT2D eigenvalue weighted by atomic mass is 35.5. The van der Waals surface area contributed by atoms with Crippen LogP contribution in [0.5, 0.6) is 0 Å². The summed E-state index contributed by atoms with van der Waals surface area (Å²) in [6.45, 7) is 1.88. The molecule has 2 aromatic rings. The van der Waals surface area contributed by atoms with E-state index < -0.39 is 10.0 Å². The summed E-state index contributed by atoms with van der Waals surface area (Å²) in [7, 11) is -3.46. The number of halogens is 1. The largest absolute Gasteiger partial charge is 0.216 e. The van der Waals surface area contributed by atoms with Crippen LogP contribution in [-0.2, 0) is 28.6 Å². The molecular formula is C19H22ClNO2S. The first kappa shape index (κ1) is 17.5. The van der Waals surface area contributed by atoms with Gasteiger partial charge in [-0.3, -0.25) is 0 Å². The molecule has 0 bridgehead atoms. The maximum Gasteiger partial charge on any atom is 0.216 e. The van der Waals surface area contributed by atoms with Gasteiger partial charge in [-0.05, 0) is 60.9 Å². The number of hydrogen-bond acceptors (Lipinski definition) is 2. The van der Waals surface area contributed by atoms with E-state index in [1.165, 1.54) is 24.0 Å². The minimum Gasteiger partial charge on any atom is -0.212 e. The van der Waals surface area contributed by atoms with Crippen LogP contribution in [0.4, 0.5) is 0 Å². The Labute approximate surface area is 149 Å². The van der Waals surface area contributed by atoms with Gasteiger partial charge in [-0.2, -0.15) is 0 Å². The molecule has 0 radical (unpaired) electrons. The Hall–Kier alpha value is -1.36. The van der Waals surface area contributed by atoms with Crippen molar-refractivity contribution in [3.63, 3.8) is 0 Å². The van der Waals surface area contributed by atoms with E-state index in [1.54, 1.807) is 24.3 Å². The highest BCUT2D eigenvalue weighted by Crippen LogP contribution is 2.25. The summed E-state index contributed by atoms with van der Waals surface area (Å²) in [5, 5.41) is 0.476. The van der Waals surface area contributed by atoms with Crippen LogP contribution in [0, 0.1) is 0 Å². The van der Waals surface area contributed by atoms with Crippen molar-refractivity contribution >= 4 is 21.6 Å². The molecule has 0 fully saturated rings. The number of sulfonamides is 1. The predicted octanol–water partition coefficient (Wildman–Crippen LogP) is 4.40. The Morgan fingerprint density at radius 2 is 1.79 bits per heavy atom. The third kappa shape index (κ3) is 4.18. The Kier molecular flexibility index (Phi) is 5.28. The van der Waals surface area contributed by atoms with Crippen LogP contribution in [0.2, 0.25) is 5.02 Å². The van der Waals surface area contributed by atoms with E-state index in [1.807, 2.05) is 13.0 Å². The molecule has 1 aliphatic rings. The molecule has 5 heteroatoms. The minimum atomic E-state index is -3.46. The lowest BCUT2D eigenvalue weighted by Gasteiger charge is -2.20. The van der Waals surface area contributed by atoms with E-state index in [0.717, 1.165) is 18.4 Å². The molecule has 2 aromatic carbocycles. The lowest BCUT2D eigenvalue weighted by atomic mass is 9.89. The van der Waals surface area contributed by atoms with Crippen LogP contribution in [-0.4, -0.2) is 8.42 Å². The van der Waals surface area contributed by atoms with E-state index in [-0.39, 0.29) is 11.8 Å². The zero-order valence-electron chi connectivity index (χ0n) is 13.8. The van der Waals surface area contributed by atoms with Crippen LogP contribution < -0.4 is 4.72 Å². The molecule has 0 spiro atoms. The number of rotatable bonds is 5. The Balaban J connectivity index is 1.74. The van der Waals surface area contributed by atoms with E-state index in [0.29, 0.717) is 10.6 Å². The van der Waals surface area contributed by atoms with Crippen molar-refractivity contribution in [2.24, 2.45) is 0 Å². The van der Waals surface area contributed by atoms with Crippen LogP contribution in [0.15, 0.2) is 42.5 Å². The van der Waals surface area contributed by atoms with Crippen LogP contribution in [0.25, 0.3) is 0 Å². The fourth-order valence-electron chi connectivity index (χ4n) is 3.22. The summed E-state index contributed by atoms with van der Waals surface area (Å²) in [6.07, 6.45) is 4.67. The SMILES string of the molecule is C[C@H](NS(=O)(=O)Cc1ccccc1Cl)c1ccc2c(c1)CCCC2. The second-order valence-corrected chi connectivity index (χ2v) is 8.59. The van der Waals surface area contributed by atoms with Gasteiger partial charge in [-0.1, -0.05) is 48.0 Å². The van der Waals surface area contributed by atoms with Crippen LogP contribution in [0.3, 0.4) is 0 Å². The molecule has 0 saturated carbocycles. The Morgan fingerprint density at radius 1 is 1.08 bits per heavy atom. The molecule has 0 saturated heterocycles. The van der Waals surface area contributed by atoms with E-state index in [4.69, 9.17) is 11.6 Å². The van der Waals surface area contributed by atoms with Gasteiger partial charge in [-0.15, -0.1) is 0 Å². The normalized spacial score (nSPS) is 15.8. The molecule has 1 N–H and O–H groups in total. The van der Waals surface area contributed by atoms with Gasteiger partial charge in [0.25, 0.3) is 0 Å². The average Bonchev–Trinajstić information content (AvgIpc) is 2.56.